The molecule has 0 aromatic heterocycles. The van der Waals surface area contributed by atoms with Crippen LogP contribution in [0, 0.1) is 13.8 Å². The molecule has 0 N–H and O–H groups in total. The highest BCUT2D eigenvalue weighted by Gasteiger charge is 2.39. The van der Waals surface area contributed by atoms with Gasteiger partial charge in [0.25, 0.3) is 8.32 Å². The lowest BCUT2D eigenvalue weighted by Gasteiger charge is -2.37. The predicted molar refractivity (Wildman–Crippen MR) is 111 cm³/mol. The molecule has 136 valence electrons. The number of unbranched alkanes of at least 4 members (excludes halogenated alkanes) is 2. The van der Waals surface area contributed by atoms with Crippen LogP contribution < -0.4 is 4.43 Å². The minimum atomic E-state index is -1.78. The van der Waals surface area contributed by atoms with E-state index in [9.17, 15) is 0 Å². The van der Waals surface area contributed by atoms with Gasteiger partial charge in [-0.05, 0) is 88.2 Å². The fourth-order valence-electron chi connectivity index (χ4n) is 2.62. The fraction of sp³-hybridized carbons (Fsp3) is 0.636. The molecule has 0 unspecified atom stereocenters. The molecule has 0 heterocycles. The van der Waals surface area contributed by atoms with Crippen LogP contribution in [0.25, 0.3) is 0 Å². The number of hydrogen-bond acceptors (Lipinski definition) is 1. The van der Waals surface area contributed by atoms with Crippen molar-refractivity contribution < 1.29 is 4.43 Å². The summed E-state index contributed by atoms with van der Waals surface area (Å²) in [6.07, 6.45) is 7.23. The van der Waals surface area contributed by atoms with Gasteiger partial charge in [0.1, 0.15) is 5.75 Å². The molecule has 1 nitrogen and oxygen atoms in total. The molecule has 0 fully saturated rings. The molecule has 0 aliphatic carbocycles. The van der Waals surface area contributed by atoms with E-state index in [-0.39, 0.29) is 5.04 Å². The molecule has 0 saturated heterocycles. The van der Waals surface area contributed by atoms with E-state index in [1.807, 2.05) is 0 Å². The summed E-state index contributed by atoms with van der Waals surface area (Å²) in [5.74, 6) is 1.12. The lowest BCUT2D eigenvalue weighted by Crippen LogP contribution is -2.44. The van der Waals surface area contributed by atoms with Gasteiger partial charge in [0.2, 0.25) is 0 Å². The van der Waals surface area contributed by atoms with Gasteiger partial charge < -0.3 is 4.43 Å². The van der Waals surface area contributed by atoms with Crippen molar-refractivity contribution in [2.75, 3.05) is 0 Å². The summed E-state index contributed by atoms with van der Waals surface area (Å²) in [7, 11) is -1.78. The lowest BCUT2D eigenvalue weighted by molar-refractivity contribution is 0.486. The first-order chi connectivity index (χ1) is 10.9. The maximum absolute atomic E-state index is 6.58. The summed E-state index contributed by atoms with van der Waals surface area (Å²) in [5.41, 5.74) is 5.46. The molecule has 0 saturated carbocycles. The molecule has 0 atom stereocenters. The predicted octanol–water partition coefficient (Wildman–Crippen LogP) is 7.37. The Kier molecular flexibility index (Phi) is 7.34. The van der Waals surface area contributed by atoms with E-state index in [4.69, 9.17) is 4.43 Å². The van der Waals surface area contributed by atoms with Crippen molar-refractivity contribution in [3.8, 4) is 5.75 Å². The summed E-state index contributed by atoms with van der Waals surface area (Å²) in [6, 6.07) is 4.66. The minimum absolute atomic E-state index is 0.232. The zero-order valence-electron chi connectivity index (χ0n) is 17.5. The third-order valence-electron chi connectivity index (χ3n) is 5.16. The van der Waals surface area contributed by atoms with Crippen molar-refractivity contribution in [2.24, 2.45) is 0 Å². The van der Waals surface area contributed by atoms with Crippen LogP contribution in [0.4, 0.5) is 0 Å². The first kappa shape index (κ1) is 21.0. The average Bonchev–Trinajstić information content (AvgIpc) is 2.41. The Morgan fingerprint density at radius 3 is 2.04 bits per heavy atom. The fourth-order valence-corrected chi connectivity index (χ4v) is 3.76. The Morgan fingerprint density at radius 2 is 1.58 bits per heavy atom. The van der Waals surface area contributed by atoms with E-state index < -0.39 is 8.32 Å². The lowest BCUT2D eigenvalue weighted by atomic mass is 10.0. The van der Waals surface area contributed by atoms with Gasteiger partial charge >= 0.3 is 0 Å². The van der Waals surface area contributed by atoms with Crippen LogP contribution in [0.2, 0.25) is 18.1 Å². The number of hydrogen-bond donors (Lipinski definition) is 0. The van der Waals surface area contributed by atoms with E-state index in [2.05, 4.69) is 79.8 Å². The normalized spacial score (nSPS) is 12.2. The van der Waals surface area contributed by atoms with Crippen LogP contribution >= 0.6 is 0 Å². The Labute approximate surface area is 151 Å². The van der Waals surface area contributed by atoms with E-state index in [1.54, 1.807) is 0 Å². The third kappa shape index (κ3) is 6.12. The molecule has 0 radical (unpaired) electrons. The Hall–Kier alpha value is -1.02. The first-order valence-electron chi connectivity index (χ1n) is 9.36. The molecular weight excluding hydrogens is 308 g/mol. The highest BCUT2D eigenvalue weighted by atomic mass is 28.4. The monoisotopic (exact) mass is 346 g/mol. The topological polar surface area (TPSA) is 9.23 Å². The Balaban J connectivity index is 2.78. The molecule has 0 spiro atoms. The van der Waals surface area contributed by atoms with Gasteiger partial charge in [-0.25, -0.2) is 0 Å². The number of allylic oxidation sites excluding steroid dienone is 2. The van der Waals surface area contributed by atoms with Gasteiger partial charge in [-0.1, -0.05) is 44.6 Å². The molecule has 24 heavy (non-hydrogen) atoms. The number of rotatable bonds is 7. The van der Waals surface area contributed by atoms with Crippen LogP contribution in [0.15, 0.2) is 23.8 Å². The first-order valence-corrected chi connectivity index (χ1v) is 12.3. The molecule has 1 rings (SSSR count). The van der Waals surface area contributed by atoms with Crippen LogP contribution in [-0.2, 0) is 6.42 Å². The van der Waals surface area contributed by atoms with Crippen LogP contribution in [-0.4, -0.2) is 8.32 Å². The van der Waals surface area contributed by atoms with Crippen molar-refractivity contribution >= 4 is 8.32 Å². The van der Waals surface area contributed by atoms with Gasteiger partial charge in [0, 0.05) is 0 Å². The van der Waals surface area contributed by atoms with E-state index >= 15 is 0 Å². The maximum atomic E-state index is 6.58. The third-order valence-corrected chi connectivity index (χ3v) is 9.48. The highest BCUT2D eigenvalue weighted by Crippen LogP contribution is 2.39. The van der Waals surface area contributed by atoms with E-state index in [0.717, 1.165) is 5.75 Å². The van der Waals surface area contributed by atoms with Crippen LogP contribution in [0.1, 0.15) is 70.6 Å². The SMILES string of the molecule is CC(C)=CCCCCc1cc(C)c(O[Si](C)(C)C(C)(C)C)c(C)c1. The summed E-state index contributed by atoms with van der Waals surface area (Å²) >= 11 is 0. The van der Waals surface area contributed by atoms with Crippen LogP contribution in [0.3, 0.4) is 0 Å². The minimum Gasteiger partial charge on any atom is -0.543 e. The van der Waals surface area contributed by atoms with Crippen molar-refractivity contribution in [3.63, 3.8) is 0 Å². The van der Waals surface area contributed by atoms with E-state index in [1.165, 1.54) is 47.9 Å². The zero-order chi connectivity index (χ0) is 18.5. The smallest absolute Gasteiger partial charge is 0.250 e. The van der Waals surface area contributed by atoms with Crippen molar-refractivity contribution in [1.82, 2.24) is 0 Å². The number of aryl methyl sites for hydroxylation is 3. The second-order valence-corrected chi connectivity index (χ2v) is 13.7. The average molecular weight is 347 g/mol. The van der Waals surface area contributed by atoms with Crippen LogP contribution in [0.5, 0.6) is 5.75 Å². The van der Waals surface area contributed by atoms with Crippen molar-refractivity contribution in [2.45, 2.75) is 92.3 Å². The Bertz CT molecular complexity index is 549. The largest absolute Gasteiger partial charge is 0.543 e. The van der Waals surface area contributed by atoms with Gasteiger partial charge in [-0.15, -0.1) is 0 Å². The molecule has 0 aliphatic heterocycles. The summed E-state index contributed by atoms with van der Waals surface area (Å²) < 4.78 is 6.58. The summed E-state index contributed by atoms with van der Waals surface area (Å²) in [5, 5.41) is 0.232. The van der Waals surface area contributed by atoms with E-state index in [0.29, 0.717) is 0 Å². The molecule has 1 aromatic rings. The van der Waals surface area contributed by atoms with Gasteiger partial charge in [0.15, 0.2) is 0 Å². The molecule has 0 amide bonds. The van der Waals surface area contributed by atoms with Gasteiger partial charge in [-0.2, -0.15) is 0 Å². The summed E-state index contributed by atoms with van der Waals surface area (Å²) in [4.78, 5) is 0. The Morgan fingerprint density at radius 1 is 1.04 bits per heavy atom. The molecule has 2 heteroatoms. The molecule has 0 bridgehead atoms. The second kappa shape index (κ2) is 8.38. The molecule has 1 aromatic carbocycles. The number of benzene rings is 1. The summed E-state index contributed by atoms with van der Waals surface area (Å²) in [6.45, 7) is 20.3. The zero-order valence-corrected chi connectivity index (χ0v) is 18.5. The van der Waals surface area contributed by atoms with Crippen molar-refractivity contribution in [3.05, 3.63) is 40.5 Å². The quantitative estimate of drug-likeness (QED) is 0.284. The van der Waals surface area contributed by atoms with Crippen molar-refractivity contribution in [1.29, 1.82) is 0 Å². The molecule has 0 aliphatic rings. The maximum Gasteiger partial charge on any atom is 0.250 e. The molecular formula is C22H38OSi. The van der Waals surface area contributed by atoms with Gasteiger partial charge in [-0.3, -0.25) is 0 Å². The highest BCUT2D eigenvalue weighted by molar-refractivity contribution is 6.74. The standard InChI is InChI=1S/C22H38OSi/c1-17(2)13-11-10-12-14-20-15-18(3)21(19(4)16-20)23-24(8,9)22(5,6)7/h13,15-16H,10-12,14H2,1-9H3. The second-order valence-electron chi connectivity index (χ2n) is 8.95. The van der Waals surface area contributed by atoms with Gasteiger partial charge in [0.05, 0.1) is 0 Å².